The summed E-state index contributed by atoms with van der Waals surface area (Å²) in [6.07, 6.45) is 0.351. The van der Waals surface area contributed by atoms with Crippen LogP contribution in [0.15, 0.2) is 97.1 Å². The number of aryl methyl sites for hydroxylation is 1. The number of benzene rings is 4. The fraction of sp³-hybridized carbons (Fsp3) is 0.107. The van der Waals surface area contributed by atoms with Gasteiger partial charge in [-0.05, 0) is 47.9 Å². The second kappa shape index (κ2) is 8.11. The number of carbonyl (C=O) groups is 1. The van der Waals surface area contributed by atoms with Crippen molar-refractivity contribution in [3.63, 3.8) is 0 Å². The van der Waals surface area contributed by atoms with Gasteiger partial charge < -0.3 is 9.88 Å². The Morgan fingerprint density at radius 2 is 1.42 bits per heavy atom. The molecule has 0 saturated heterocycles. The zero-order chi connectivity index (χ0) is 21.2. The van der Waals surface area contributed by atoms with Crippen LogP contribution in [0.4, 0.5) is 5.69 Å². The summed E-state index contributed by atoms with van der Waals surface area (Å²) >= 11 is 0. The minimum absolute atomic E-state index is 0.00830. The maximum Gasteiger partial charge on any atom is 0.228 e. The molecule has 5 rings (SSSR count). The van der Waals surface area contributed by atoms with Gasteiger partial charge in [-0.2, -0.15) is 0 Å². The molecule has 1 heterocycles. The topological polar surface area (TPSA) is 34.0 Å². The molecule has 0 aliphatic carbocycles. The van der Waals surface area contributed by atoms with Crippen molar-refractivity contribution in [2.75, 3.05) is 5.32 Å². The van der Waals surface area contributed by atoms with Gasteiger partial charge in [0.15, 0.2) is 0 Å². The number of nitrogens with zero attached hydrogens (tertiary/aromatic N) is 1. The molecule has 4 aromatic carbocycles. The molecule has 1 amide bonds. The summed E-state index contributed by atoms with van der Waals surface area (Å²) in [6.45, 7) is 3.07. The van der Waals surface area contributed by atoms with Crippen LogP contribution in [0.25, 0.3) is 32.9 Å². The standard InChI is InChI=1S/C28H24N2O/c1-2-30-26-11-7-6-10-24(26)25-19-23(16-17-27(25)30)29-28(31)18-20-12-14-22(15-13-20)21-8-4-3-5-9-21/h3-17,19H,2,18H2,1H3,(H,29,31). The zero-order valence-corrected chi connectivity index (χ0v) is 17.5. The molecule has 0 spiro atoms. The van der Waals surface area contributed by atoms with E-state index in [0.717, 1.165) is 23.4 Å². The van der Waals surface area contributed by atoms with Crippen LogP contribution in [-0.2, 0) is 17.8 Å². The summed E-state index contributed by atoms with van der Waals surface area (Å²) in [5.74, 6) is -0.00830. The quantitative estimate of drug-likeness (QED) is 0.349. The SMILES string of the molecule is CCn1c2ccccc2c2cc(NC(=O)Cc3ccc(-c4ccccc4)cc3)ccc21. The maximum atomic E-state index is 12.7. The zero-order valence-electron chi connectivity index (χ0n) is 17.5. The van der Waals surface area contributed by atoms with Gasteiger partial charge in [0.2, 0.25) is 5.91 Å². The summed E-state index contributed by atoms with van der Waals surface area (Å²) in [7, 11) is 0. The molecule has 3 heteroatoms. The van der Waals surface area contributed by atoms with Gasteiger partial charge in [-0.15, -0.1) is 0 Å². The molecule has 31 heavy (non-hydrogen) atoms. The Morgan fingerprint density at radius 1 is 0.742 bits per heavy atom. The van der Waals surface area contributed by atoms with E-state index in [-0.39, 0.29) is 5.91 Å². The minimum Gasteiger partial charge on any atom is -0.341 e. The van der Waals surface area contributed by atoms with Crippen LogP contribution >= 0.6 is 0 Å². The van der Waals surface area contributed by atoms with Crippen LogP contribution in [-0.4, -0.2) is 10.5 Å². The number of rotatable bonds is 5. The van der Waals surface area contributed by atoms with Crippen molar-refractivity contribution in [2.24, 2.45) is 0 Å². The van der Waals surface area contributed by atoms with Gasteiger partial charge in [0, 0.05) is 34.0 Å². The van der Waals surface area contributed by atoms with Gasteiger partial charge in [0.25, 0.3) is 0 Å². The van der Waals surface area contributed by atoms with Crippen molar-refractivity contribution in [1.29, 1.82) is 0 Å². The molecule has 0 atom stereocenters. The highest BCUT2D eigenvalue weighted by atomic mass is 16.1. The van der Waals surface area contributed by atoms with E-state index in [0.29, 0.717) is 6.42 Å². The lowest BCUT2D eigenvalue weighted by molar-refractivity contribution is -0.115. The Balaban J connectivity index is 1.35. The van der Waals surface area contributed by atoms with E-state index in [9.17, 15) is 4.79 Å². The Bertz CT molecular complexity index is 1370. The molecular formula is C28H24N2O. The van der Waals surface area contributed by atoms with Gasteiger partial charge in [0.05, 0.1) is 6.42 Å². The molecule has 0 aliphatic rings. The molecule has 0 saturated carbocycles. The Morgan fingerprint density at radius 3 is 2.19 bits per heavy atom. The maximum absolute atomic E-state index is 12.7. The molecule has 152 valence electrons. The summed E-state index contributed by atoms with van der Waals surface area (Å²) in [5.41, 5.74) is 6.58. The van der Waals surface area contributed by atoms with Gasteiger partial charge in [-0.3, -0.25) is 4.79 Å². The van der Waals surface area contributed by atoms with Gasteiger partial charge >= 0.3 is 0 Å². The van der Waals surface area contributed by atoms with Crippen LogP contribution in [0.1, 0.15) is 12.5 Å². The highest BCUT2D eigenvalue weighted by Gasteiger charge is 2.11. The van der Waals surface area contributed by atoms with Crippen molar-refractivity contribution in [3.8, 4) is 11.1 Å². The average molecular weight is 405 g/mol. The van der Waals surface area contributed by atoms with E-state index >= 15 is 0 Å². The third kappa shape index (κ3) is 3.71. The van der Waals surface area contributed by atoms with Gasteiger partial charge in [0.1, 0.15) is 0 Å². The summed E-state index contributed by atoms with van der Waals surface area (Å²) in [4.78, 5) is 12.7. The smallest absolute Gasteiger partial charge is 0.228 e. The Labute approximate surface area is 181 Å². The van der Waals surface area contributed by atoms with Crippen molar-refractivity contribution < 1.29 is 4.79 Å². The molecule has 0 bridgehead atoms. The lowest BCUT2D eigenvalue weighted by Gasteiger charge is -2.08. The third-order valence-electron chi connectivity index (χ3n) is 5.80. The predicted octanol–water partition coefficient (Wildman–Crippen LogP) is 6.66. The van der Waals surface area contributed by atoms with Gasteiger partial charge in [-0.1, -0.05) is 72.8 Å². The van der Waals surface area contributed by atoms with Crippen molar-refractivity contribution in [3.05, 3.63) is 103 Å². The van der Waals surface area contributed by atoms with Crippen molar-refractivity contribution in [2.45, 2.75) is 19.9 Å². The normalized spacial score (nSPS) is 11.1. The molecule has 0 fully saturated rings. The first-order chi connectivity index (χ1) is 15.2. The largest absolute Gasteiger partial charge is 0.341 e. The number of nitrogens with one attached hydrogen (secondary N) is 1. The van der Waals surface area contributed by atoms with E-state index in [2.05, 4.69) is 77.5 Å². The van der Waals surface area contributed by atoms with E-state index in [4.69, 9.17) is 0 Å². The van der Waals surface area contributed by atoms with Gasteiger partial charge in [-0.25, -0.2) is 0 Å². The van der Waals surface area contributed by atoms with E-state index in [1.807, 2.05) is 36.4 Å². The fourth-order valence-corrected chi connectivity index (χ4v) is 4.31. The van der Waals surface area contributed by atoms with E-state index in [1.54, 1.807) is 0 Å². The van der Waals surface area contributed by atoms with Crippen LogP contribution in [0.3, 0.4) is 0 Å². The second-order valence-corrected chi connectivity index (χ2v) is 7.78. The lowest BCUT2D eigenvalue weighted by Crippen LogP contribution is -2.14. The first kappa shape index (κ1) is 19.1. The number of fused-ring (bicyclic) bond motifs is 3. The number of carbonyl (C=O) groups excluding carboxylic acids is 1. The van der Waals surface area contributed by atoms with Crippen LogP contribution in [0.2, 0.25) is 0 Å². The summed E-state index contributed by atoms with van der Waals surface area (Å²) < 4.78 is 2.31. The molecule has 5 aromatic rings. The molecule has 1 aromatic heterocycles. The minimum atomic E-state index is -0.00830. The highest BCUT2D eigenvalue weighted by molar-refractivity contribution is 6.09. The predicted molar refractivity (Wildman–Crippen MR) is 129 cm³/mol. The number of hydrogen-bond donors (Lipinski definition) is 1. The molecule has 0 unspecified atom stereocenters. The summed E-state index contributed by atoms with van der Waals surface area (Å²) in [5, 5.41) is 5.46. The first-order valence-corrected chi connectivity index (χ1v) is 10.7. The number of para-hydroxylation sites is 1. The molecular weight excluding hydrogens is 380 g/mol. The fourth-order valence-electron chi connectivity index (χ4n) is 4.31. The third-order valence-corrected chi connectivity index (χ3v) is 5.80. The van der Waals surface area contributed by atoms with Crippen LogP contribution < -0.4 is 5.32 Å². The van der Waals surface area contributed by atoms with Crippen molar-refractivity contribution >= 4 is 33.4 Å². The lowest BCUT2D eigenvalue weighted by atomic mass is 10.0. The molecule has 1 N–H and O–H groups in total. The second-order valence-electron chi connectivity index (χ2n) is 7.78. The van der Waals surface area contributed by atoms with Crippen LogP contribution in [0.5, 0.6) is 0 Å². The molecule has 0 radical (unpaired) electrons. The molecule has 0 aliphatic heterocycles. The number of hydrogen-bond acceptors (Lipinski definition) is 1. The van der Waals surface area contributed by atoms with Crippen molar-refractivity contribution in [1.82, 2.24) is 4.57 Å². The molecule has 3 nitrogen and oxygen atoms in total. The van der Waals surface area contributed by atoms with E-state index < -0.39 is 0 Å². The number of aromatic nitrogens is 1. The highest BCUT2D eigenvalue weighted by Crippen LogP contribution is 2.31. The number of anilines is 1. The van der Waals surface area contributed by atoms with Crippen LogP contribution in [0, 0.1) is 0 Å². The Kier molecular flexibility index (Phi) is 5.01. The monoisotopic (exact) mass is 404 g/mol. The number of amides is 1. The summed E-state index contributed by atoms with van der Waals surface area (Å²) in [6, 6.07) is 33.1. The average Bonchev–Trinajstić information content (AvgIpc) is 3.13. The first-order valence-electron chi connectivity index (χ1n) is 10.7. The van der Waals surface area contributed by atoms with E-state index in [1.165, 1.54) is 27.4 Å². The Hall–Kier alpha value is -3.85.